The van der Waals surface area contributed by atoms with Crippen molar-refractivity contribution >= 4 is 23.0 Å². The van der Waals surface area contributed by atoms with E-state index in [2.05, 4.69) is 9.97 Å². The molecule has 1 aliphatic heterocycles. The number of halogens is 4. The first-order valence-electron chi connectivity index (χ1n) is 7.65. The van der Waals surface area contributed by atoms with E-state index < -0.39 is 12.6 Å². The summed E-state index contributed by atoms with van der Waals surface area (Å²) in [4.78, 5) is 11.8. The van der Waals surface area contributed by atoms with Crippen molar-refractivity contribution in [1.82, 2.24) is 9.97 Å². The Morgan fingerprint density at radius 2 is 1.96 bits per heavy atom. The average Bonchev–Trinajstić information content (AvgIpc) is 2.86. The third-order valence-corrected chi connectivity index (χ3v) is 3.97. The summed E-state index contributed by atoms with van der Waals surface area (Å²) in [6.45, 7) is 0.772. The maximum atomic E-state index is 12.4. The van der Waals surface area contributed by atoms with Crippen molar-refractivity contribution in [2.45, 2.75) is 19.0 Å². The van der Waals surface area contributed by atoms with Gasteiger partial charge in [-0.3, -0.25) is 0 Å². The molecule has 0 unspecified atom stereocenters. The normalized spacial score (nSPS) is 14.0. The van der Waals surface area contributed by atoms with E-state index in [1.807, 2.05) is 29.0 Å². The molecule has 0 atom stereocenters. The van der Waals surface area contributed by atoms with Gasteiger partial charge in [-0.15, -0.1) is 0 Å². The Labute approximate surface area is 148 Å². The number of para-hydroxylation sites is 1. The Morgan fingerprint density at radius 1 is 1.24 bits per heavy atom. The number of aromatic nitrogens is 2. The van der Waals surface area contributed by atoms with Crippen LogP contribution in [-0.4, -0.2) is 36.4 Å². The number of alkyl halides is 3. The second kappa shape index (κ2) is 6.95. The fourth-order valence-corrected chi connectivity index (χ4v) is 2.82. The number of fused-ring (bicyclic) bond motifs is 1. The third kappa shape index (κ3) is 4.25. The van der Waals surface area contributed by atoms with E-state index in [-0.39, 0.29) is 19.0 Å². The van der Waals surface area contributed by atoms with Crippen molar-refractivity contribution in [3.63, 3.8) is 0 Å². The number of nitrogens with zero attached hydrogens (tertiary/aromatic N) is 4. The van der Waals surface area contributed by atoms with Gasteiger partial charge in [0, 0.05) is 20.0 Å². The van der Waals surface area contributed by atoms with Crippen LogP contribution in [0.15, 0.2) is 30.6 Å². The van der Waals surface area contributed by atoms with Gasteiger partial charge in [0.25, 0.3) is 0 Å². The average molecular weight is 373 g/mol. The van der Waals surface area contributed by atoms with Crippen LogP contribution in [0.5, 0.6) is 11.8 Å². The molecule has 1 aromatic carbocycles. The van der Waals surface area contributed by atoms with Gasteiger partial charge in [0.1, 0.15) is 5.69 Å². The zero-order chi connectivity index (χ0) is 18.0. The van der Waals surface area contributed by atoms with E-state index in [0.717, 1.165) is 11.4 Å². The fourth-order valence-electron chi connectivity index (χ4n) is 2.73. The Bertz CT molecular complexity index is 739. The minimum Gasteiger partial charge on any atom is -0.422 e. The van der Waals surface area contributed by atoms with Crippen LogP contribution < -0.4 is 14.5 Å². The van der Waals surface area contributed by atoms with E-state index in [4.69, 9.17) is 16.3 Å². The van der Waals surface area contributed by atoms with E-state index in [9.17, 15) is 13.2 Å². The van der Waals surface area contributed by atoms with Crippen LogP contribution in [0.1, 0.15) is 12.8 Å². The summed E-state index contributed by atoms with van der Waals surface area (Å²) in [7, 11) is 1.88. The van der Waals surface area contributed by atoms with Crippen LogP contribution in [0.2, 0.25) is 5.02 Å². The zero-order valence-electron chi connectivity index (χ0n) is 13.4. The monoisotopic (exact) mass is 372 g/mol. The maximum absolute atomic E-state index is 12.4. The zero-order valence-corrected chi connectivity index (χ0v) is 14.2. The SMILES string of the molecule is CN1CN(CCCC(F)(F)F)c2c(Oc3ncc(Cl)cn3)cccc21. The summed E-state index contributed by atoms with van der Waals surface area (Å²) in [6, 6.07) is 5.59. The number of hydrogen-bond donors (Lipinski definition) is 0. The Morgan fingerprint density at radius 3 is 2.64 bits per heavy atom. The lowest BCUT2D eigenvalue weighted by Crippen LogP contribution is -2.29. The summed E-state index contributed by atoms with van der Waals surface area (Å²) >= 11 is 5.76. The largest absolute Gasteiger partial charge is 0.422 e. The van der Waals surface area contributed by atoms with Crippen LogP contribution in [0, 0.1) is 0 Å². The van der Waals surface area contributed by atoms with Gasteiger partial charge >= 0.3 is 12.2 Å². The number of benzene rings is 1. The highest BCUT2D eigenvalue weighted by molar-refractivity contribution is 6.30. The number of hydrogen-bond acceptors (Lipinski definition) is 5. The molecule has 0 radical (unpaired) electrons. The van der Waals surface area contributed by atoms with Crippen molar-refractivity contribution in [1.29, 1.82) is 0 Å². The molecular formula is C16H16ClF3N4O. The van der Waals surface area contributed by atoms with E-state index >= 15 is 0 Å². The van der Waals surface area contributed by atoms with Gasteiger partial charge in [-0.25, -0.2) is 9.97 Å². The Balaban J connectivity index is 1.80. The van der Waals surface area contributed by atoms with E-state index in [1.165, 1.54) is 12.4 Å². The molecule has 0 aliphatic carbocycles. The molecule has 0 saturated heterocycles. The van der Waals surface area contributed by atoms with Crippen LogP contribution in [-0.2, 0) is 0 Å². The highest BCUT2D eigenvalue weighted by atomic mass is 35.5. The van der Waals surface area contributed by atoms with Gasteiger partial charge in [-0.2, -0.15) is 13.2 Å². The summed E-state index contributed by atoms with van der Waals surface area (Å²) in [5.41, 5.74) is 1.63. The van der Waals surface area contributed by atoms with E-state index in [0.29, 0.717) is 17.4 Å². The number of anilines is 2. The van der Waals surface area contributed by atoms with Gasteiger partial charge in [0.15, 0.2) is 5.75 Å². The van der Waals surface area contributed by atoms with Gasteiger partial charge < -0.3 is 14.5 Å². The predicted molar refractivity (Wildman–Crippen MR) is 89.5 cm³/mol. The van der Waals surface area contributed by atoms with Crippen molar-refractivity contribution in [3.05, 3.63) is 35.6 Å². The van der Waals surface area contributed by atoms with Crippen molar-refractivity contribution in [3.8, 4) is 11.8 Å². The lowest BCUT2D eigenvalue weighted by molar-refractivity contribution is -0.135. The minimum atomic E-state index is -4.15. The first-order chi connectivity index (χ1) is 11.8. The Hall–Kier alpha value is -2.22. The van der Waals surface area contributed by atoms with Crippen LogP contribution >= 0.6 is 11.6 Å². The summed E-state index contributed by atoms with van der Waals surface area (Å²) in [6.07, 6.45) is -2.11. The number of ether oxygens (including phenoxy) is 1. The number of rotatable bonds is 5. The topological polar surface area (TPSA) is 41.5 Å². The first-order valence-corrected chi connectivity index (χ1v) is 8.02. The van der Waals surface area contributed by atoms with Gasteiger partial charge in [-0.1, -0.05) is 17.7 Å². The second-order valence-electron chi connectivity index (χ2n) is 5.73. The molecular weight excluding hydrogens is 357 g/mol. The smallest absolute Gasteiger partial charge is 0.389 e. The van der Waals surface area contributed by atoms with Gasteiger partial charge in [-0.05, 0) is 18.6 Å². The summed E-state index contributed by atoms with van der Waals surface area (Å²) in [5.74, 6) is 0.496. The molecule has 0 N–H and O–H groups in total. The lowest BCUT2D eigenvalue weighted by Gasteiger charge is -2.21. The minimum absolute atomic E-state index is 0.0164. The maximum Gasteiger partial charge on any atom is 0.389 e. The molecule has 9 heteroatoms. The van der Waals surface area contributed by atoms with Gasteiger partial charge in [0.05, 0.1) is 29.8 Å². The highest BCUT2D eigenvalue weighted by Crippen LogP contribution is 2.43. The molecule has 3 rings (SSSR count). The van der Waals surface area contributed by atoms with Crippen molar-refractivity contribution < 1.29 is 17.9 Å². The van der Waals surface area contributed by atoms with Crippen LogP contribution in [0.25, 0.3) is 0 Å². The molecule has 5 nitrogen and oxygen atoms in total. The predicted octanol–water partition coefficient (Wildman–Crippen LogP) is 4.48. The molecule has 2 aromatic rings. The summed E-state index contributed by atoms with van der Waals surface area (Å²) in [5, 5.41) is 0.388. The van der Waals surface area contributed by atoms with Gasteiger partial charge in [0.2, 0.25) is 0 Å². The molecule has 2 heterocycles. The molecule has 134 valence electrons. The first kappa shape index (κ1) is 17.6. The molecule has 0 fully saturated rings. The van der Waals surface area contributed by atoms with Crippen molar-refractivity contribution in [2.75, 3.05) is 30.1 Å². The lowest BCUT2D eigenvalue weighted by atomic mass is 10.2. The molecule has 25 heavy (non-hydrogen) atoms. The molecule has 0 amide bonds. The Kier molecular flexibility index (Phi) is 4.89. The molecule has 0 spiro atoms. The standard InChI is InChI=1S/C16H16ClF3N4O/c1-23-10-24(7-3-6-16(18,19)20)14-12(23)4-2-5-13(14)25-15-21-8-11(17)9-22-15/h2,4-5,8-9H,3,6-7,10H2,1H3. The second-order valence-corrected chi connectivity index (χ2v) is 6.17. The molecule has 0 bridgehead atoms. The van der Waals surface area contributed by atoms with Crippen LogP contribution in [0.3, 0.4) is 0 Å². The third-order valence-electron chi connectivity index (χ3n) is 3.77. The molecule has 1 aliphatic rings. The summed E-state index contributed by atoms with van der Waals surface area (Å²) < 4.78 is 43.0. The molecule has 1 aromatic heterocycles. The quantitative estimate of drug-likeness (QED) is 0.774. The van der Waals surface area contributed by atoms with Crippen molar-refractivity contribution in [2.24, 2.45) is 0 Å². The fraction of sp³-hybridized carbons (Fsp3) is 0.375. The van der Waals surface area contributed by atoms with Crippen LogP contribution in [0.4, 0.5) is 24.5 Å². The molecule has 0 saturated carbocycles. The van der Waals surface area contributed by atoms with E-state index in [1.54, 1.807) is 6.07 Å². The highest BCUT2D eigenvalue weighted by Gasteiger charge is 2.30.